The molecule has 5 amide bonds. The van der Waals surface area contributed by atoms with Gasteiger partial charge in [0.1, 0.15) is 30.5 Å². The molecule has 1 unspecified atom stereocenters. The van der Waals surface area contributed by atoms with Gasteiger partial charge in [-0.2, -0.15) is 11.8 Å². The van der Waals surface area contributed by atoms with E-state index in [4.69, 9.17) is 14.6 Å². The maximum absolute atomic E-state index is 13.3. The van der Waals surface area contributed by atoms with Crippen molar-refractivity contribution in [3.05, 3.63) is 71.8 Å². The number of ether oxygens (including phenoxy) is 2. The zero-order chi connectivity index (χ0) is 36.5. The van der Waals surface area contributed by atoms with Crippen LogP contribution in [0.25, 0.3) is 0 Å². The number of hydrogen-bond donors (Lipinski definition) is 5. The van der Waals surface area contributed by atoms with Gasteiger partial charge < -0.3 is 35.8 Å². The Morgan fingerprint density at radius 3 is 2.12 bits per heavy atom. The number of benzene rings is 2. The van der Waals surface area contributed by atoms with E-state index in [0.717, 1.165) is 11.1 Å². The van der Waals surface area contributed by atoms with Gasteiger partial charge in [-0.15, -0.1) is 0 Å². The molecule has 15 heteroatoms. The van der Waals surface area contributed by atoms with Crippen LogP contribution in [0.4, 0.5) is 4.79 Å². The smallest absolute Gasteiger partial charge is 0.412 e. The molecule has 50 heavy (non-hydrogen) atoms. The number of aliphatic carboxylic acids is 1. The first kappa shape index (κ1) is 39.8. The predicted molar refractivity (Wildman–Crippen MR) is 187 cm³/mol. The number of carbonyl (C=O) groups is 6. The van der Waals surface area contributed by atoms with E-state index in [1.807, 2.05) is 30.3 Å². The van der Waals surface area contributed by atoms with E-state index >= 15 is 0 Å². The number of amides is 5. The molecule has 0 spiro atoms. The van der Waals surface area contributed by atoms with Crippen LogP contribution in [0, 0.1) is 0 Å². The highest BCUT2D eigenvalue weighted by molar-refractivity contribution is 7.98. The molecule has 2 aromatic rings. The number of nitrogens with one attached hydrogen (secondary N) is 4. The second-order valence-corrected chi connectivity index (χ2v) is 13.7. The SMILES string of the molecule is CC(C)(C)OC(=O)N1CCCOC1CCC(=O)N[C@@H](CSCc1ccccc1)C(=O)NCC(=O)N[C@@H](Cc1ccccc1)C(=O)NCC(=O)O. The number of nitrogens with zero attached hydrogens (tertiary/aromatic N) is 1. The van der Waals surface area contributed by atoms with Crippen molar-refractivity contribution in [2.75, 3.05) is 32.0 Å². The molecule has 1 heterocycles. The molecule has 0 radical (unpaired) electrons. The van der Waals surface area contributed by atoms with Gasteiger partial charge in [-0.1, -0.05) is 60.7 Å². The van der Waals surface area contributed by atoms with Gasteiger partial charge >= 0.3 is 12.1 Å². The van der Waals surface area contributed by atoms with Gasteiger partial charge in [0.05, 0.1) is 13.2 Å². The summed E-state index contributed by atoms with van der Waals surface area (Å²) < 4.78 is 11.3. The lowest BCUT2D eigenvalue weighted by atomic mass is 10.1. The summed E-state index contributed by atoms with van der Waals surface area (Å²) in [6.07, 6.45) is -0.312. The molecule has 1 fully saturated rings. The third kappa shape index (κ3) is 14.9. The molecule has 1 saturated heterocycles. The van der Waals surface area contributed by atoms with Gasteiger partial charge in [-0.05, 0) is 38.3 Å². The normalized spacial score (nSPS) is 15.6. The van der Waals surface area contributed by atoms with Crippen LogP contribution in [0.2, 0.25) is 0 Å². The fraction of sp³-hybridized carbons (Fsp3) is 0.486. The van der Waals surface area contributed by atoms with E-state index in [1.165, 1.54) is 16.7 Å². The minimum absolute atomic E-state index is 0.0375. The van der Waals surface area contributed by atoms with Gasteiger partial charge in [-0.3, -0.25) is 28.9 Å². The summed E-state index contributed by atoms with van der Waals surface area (Å²) in [6, 6.07) is 16.4. The average molecular weight is 714 g/mol. The maximum Gasteiger partial charge on any atom is 0.412 e. The first-order valence-electron chi connectivity index (χ1n) is 16.4. The van der Waals surface area contributed by atoms with Crippen molar-refractivity contribution in [2.24, 2.45) is 0 Å². The van der Waals surface area contributed by atoms with Crippen LogP contribution in [-0.4, -0.2) is 102 Å². The van der Waals surface area contributed by atoms with Gasteiger partial charge in [0.2, 0.25) is 23.6 Å². The predicted octanol–water partition coefficient (Wildman–Crippen LogP) is 2.21. The third-order valence-corrected chi connectivity index (χ3v) is 8.37. The van der Waals surface area contributed by atoms with Crippen molar-refractivity contribution in [3.8, 4) is 0 Å². The Morgan fingerprint density at radius 1 is 0.880 bits per heavy atom. The monoisotopic (exact) mass is 713 g/mol. The molecule has 2 aromatic carbocycles. The molecule has 0 aromatic heterocycles. The van der Waals surface area contributed by atoms with E-state index in [2.05, 4.69) is 21.3 Å². The Hall–Kier alpha value is -4.63. The average Bonchev–Trinajstić information content (AvgIpc) is 3.08. The summed E-state index contributed by atoms with van der Waals surface area (Å²) in [7, 11) is 0. The summed E-state index contributed by atoms with van der Waals surface area (Å²) in [6.45, 7) is 5.05. The van der Waals surface area contributed by atoms with Crippen LogP contribution < -0.4 is 21.3 Å². The molecular weight excluding hydrogens is 666 g/mol. The molecule has 0 saturated carbocycles. The highest BCUT2D eigenvalue weighted by Crippen LogP contribution is 2.20. The van der Waals surface area contributed by atoms with Crippen molar-refractivity contribution in [2.45, 2.75) is 76.1 Å². The summed E-state index contributed by atoms with van der Waals surface area (Å²) in [5.41, 5.74) is 1.07. The number of carboxylic acids is 1. The van der Waals surface area contributed by atoms with Crippen molar-refractivity contribution in [3.63, 3.8) is 0 Å². The number of carboxylic acid groups (broad SMARTS) is 1. The molecular formula is C35H47N5O9S. The zero-order valence-electron chi connectivity index (χ0n) is 28.6. The van der Waals surface area contributed by atoms with E-state index < -0.39 is 72.7 Å². The van der Waals surface area contributed by atoms with Crippen LogP contribution in [0.3, 0.4) is 0 Å². The summed E-state index contributed by atoms with van der Waals surface area (Å²) in [5.74, 6) is -2.87. The van der Waals surface area contributed by atoms with Gasteiger partial charge in [0.25, 0.3) is 0 Å². The molecule has 0 aliphatic carbocycles. The maximum atomic E-state index is 13.3. The molecule has 1 aliphatic heterocycles. The van der Waals surface area contributed by atoms with Crippen molar-refractivity contribution < 1.29 is 43.3 Å². The Balaban J connectivity index is 1.61. The molecule has 5 N–H and O–H groups in total. The standard InChI is InChI=1S/C35H47N5O9S/c1-35(2,3)49-34(47)40-17-10-18-48-30(40)16-15-28(41)39-27(23-50-22-25-13-8-5-9-14-25)33(46)36-20-29(42)38-26(32(45)37-21-31(43)44)19-24-11-6-4-7-12-24/h4-9,11-14,26-27,30H,10,15-23H2,1-3H3,(H,36,46)(H,37,45)(H,38,42)(H,39,41)(H,43,44)/t26-,27-,30?/m0/s1. The topological polar surface area (TPSA) is 192 Å². The van der Waals surface area contributed by atoms with Gasteiger partial charge in [0, 0.05) is 37.3 Å². The van der Waals surface area contributed by atoms with Crippen molar-refractivity contribution in [1.82, 2.24) is 26.2 Å². The van der Waals surface area contributed by atoms with Crippen molar-refractivity contribution in [1.29, 1.82) is 0 Å². The van der Waals surface area contributed by atoms with Crippen molar-refractivity contribution >= 4 is 47.5 Å². The second kappa shape index (κ2) is 20.1. The first-order valence-corrected chi connectivity index (χ1v) is 17.6. The van der Waals surface area contributed by atoms with Crippen LogP contribution in [0.5, 0.6) is 0 Å². The molecule has 272 valence electrons. The van der Waals surface area contributed by atoms with Crippen LogP contribution >= 0.6 is 11.8 Å². The highest BCUT2D eigenvalue weighted by Gasteiger charge is 2.32. The number of thioether (sulfide) groups is 1. The van der Waals surface area contributed by atoms with E-state index in [0.29, 0.717) is 25.3 Å². The minimum atomic E-state index is -1.24. The Kier molecular flexibility index (Phi) is 16.0. The molecule has 0 bridgehead atoms. The lowest BCUT2D eigenvalue weighted by Gasteiger charge is -2.36. The third-order valence-electron chi connectivity index (χ3n) is 7.27. The van der Waals surface area contributed by atoms with Gasteiger partial charge in [0.15, 0.2) is 0 Å². The summed E-state index contributed by atoms with van der Waals surface area (Å²) >= 11 is 1.43. The second-order valence-electron chi connectivity index (χ2n) is 12.7. The highest BCUT2D eigenvalue weighted by atomic mass is 32.2. The van der Waals surface area contributed by atoms with E-state index in [1.54, 1.807) is 51.1 Å². The van der Waals surface area contributed by atoms with E-state index in [9.17, 15) is 28.8 Å². The molecule has 14 nitrogen and oxygen atoms in total. The fourth-order valence-electron chi connectivity index (χ4n) is 4.91. The number of carbonyl (C=O) groups excluding carboxylic acids is 5. The van der Waals surface area contributed by atoms with Crippen LogP contribution in [0.15, 0.2) is 60.7 Å². The molecule has 3 atom stereocenters. The molecule has 3 rings (SSSR count). The lowest BCUT2D eigenvalue weighted by Crippen LogP contribution is -2.53. The van der Waals surface area contributed by atoms with Crippen LogP contribution in [-0.2, 0) is 45.6 Å². The lowest BCUT2D eigenvalue weighted by molar-refractivity contribution is -0.138. The summed E-state index contributed by atoms with van der Waals surface area (Å²) in [4.78, 5) is 77.3. The van der Waals surface area contributed by atoms with Gasteiger partial charge in [-0.25, -0.2) is 4.79 Å². The minimum Gasteiger partial charge on any atom is -0.480 e. The first-order chi connectivity index (χ1) is 23.8. The quantitative estimate of drug-likeness (QED) is 0.162. The number of hydrogen-bond acceptors (Lipinski definition) is 9. The zero-order valence-corrected chi connectivity index (χ0v) is 29.5. The van der Waals surface area contributed by atoms with Crippen LogP contribution in [0.1, 0.15) is 51.2 Å². The fourth-order valence-corrected chi connectivity index (χ4v) is 5.93. The number of rotatable bonds is 17. The molecule has 1 aliphatic rings. The Labute approximate surface area is 296 Å². The summed E-state index contributed by atoms with van der Waals surface area (Å²) in [5, 5.41) is 19.1. The largest absolute Gasteiger partial charge is 0.480 e. The van der Waals surface area contributed by atoms with E-state index in [-0.39, 0.29) is 25.0 Å². The Bertz CT molecular complexity index is 1440. The Morgan fingerprint density at radius 2 is 1.48 bits per heavy atom.